The second kappa shape index (κ2) is 7.75. The van der Waals surface area contributed by atoms with Gasteiger partial charge in [-0.25, -0.2) is 4.68 Å². The summed E-state index contributed by atoms with van der Waals surface area (Å²) in [6, 6.07) is 11.2. The first kappa shape index (κ1) is 18.7. The van der Waals surface area contributed by atoms with Crippen LogP contribution in [0.4, 0.5) is 5.82 Å². The minimum atomic E-state index is -0.334. The lowest BCUT2D eigenvalue weighted by molar-refractivity contribution is 0.0942. The number of nitrogens with two attached hydrogens (primary N) is 1. The van der Waals surface area contributed by atoms with Crippen molar-refractivity contribution in [3.05, 3.63) is 71.2 Å². The first-order chi connectivity index (χ1) is 14.0. The normalized spacial score (nSPS) is 13.1. The van der Waals surface area contributed by atoms with Crippen LogP contribution in [0.15, 0.2) is 48.8 Å². The zero-order valence-corrected chi connectivity index (χ0v) is 16.1. The number of benzene rings is 1. The van der Waals surface area contributed by atoms with Gasteiger partial charge in [-0.05, 0) is 49.6 Å². The Kier molecular flexibility index (Phi) is 4.99. The molecule has 1 aliphatic carbocycles. The van der Waals surface area contributed by atoms with Crippen molar-refractivity contribution in [2.24, 2.45) is 0 Å². The Morgan fingerprint density at radius 3 is 2.76 bits per heavy atom. The first-order valence-electron chi connectivity index (χ1n) is 9.46. The van der Waals surface area contributed by atoms with Crippen LogP contribution in [0.2, 0.25) is 0 Å². The quantitative estimate of drug-likeness (QED) is 0.595. The highest BCUT2D eigenvalue weighted by molar-refractivity contribution is 5.98. The molecule has 1 aromatic carbocycles. The van der Waals surface area contributed by atoms with E-state index in [1.54, 1.807) is 24.5 Å². The average Bonchev–Trinajstić information content (AvgIpc) is 3.46. The van der Waals surface area contributed by atoms with Gasteiger partial charge >= 0.3 is 0 Å². The van der Waals surface area contributed by atoms with E-state index in [4.69, 9.17) is 5.73 Å². The van der Waals surface area contributed by atoms with Crippen molar-refractivity contribution in [2.45, 2.75) is 32.4 Å². The fourth-order valence-corrected chi connectivity index (χ4v) is 2.95. The van der Waals surface area contributed by atoms with Crippen molar-refractivity contribution in [3.8, 4) is 5.69 Å². The Morgan fingerprint density at radius 1 is 1.21 bits per heavy atom. The van der Waals surface area contributed by atoms with E-state index in [1.165, 1.54) is 4.68 Å². The summed E-state index contributed by atoms with van der Waals surface area (Å²) >= 11 is 0. The van der Waals surface area contributed by atoms with Crippen molar-refractivity contribution in [3.63, 3.8) is 0 Å². The van der Waals surface area contributed by atoms with Gasteiger partial charge in [0.15, 0.2) is 5.82 Å². The molecule has 29 heavy (non-hydrogen) atoms. The van der Waals surface area contributed by atoms with Gasteiger partial charge in [0.2, 0.25) is 0 Å². The lowest BCUT2D eigenvalue weighted by Gasteiger charge is -2.09. The number of aryl methyl sites for hydroxylation is 1. The number of carbonyl (C=O) groups is 2. The molecular weight excluding hydrogens is 368 g/mol. The maximum atomic E-state index is 12.5. The van der Waals surface area contributed by atoms with E-state index in [0.717, 1.165) is 24.1 Å². The molecule has 1 aliphatic rings. The van der Waals surface area contributed by atoms with Crippen molar-refractivity contribution in [2.75, 3.05) is 5.73 Å². The lowest BCUT2D eigenvalue weighted by atomic mass is 10.1. The van der Waals surface area contributed by atoms with E-state index in [2.05, 4.69) is 20.7 Å². The van der Waals surface area contributed by atoms with Crippen LogP contribution in [-0.2, 0) is 6.54 Å². The molecule has 0 bridgehead atoms. The summed E-state index contributed by atoms with van der Waals surface area (Å²) in [5, 5.41) is 10.0. The van der Waals surface area contributed by atoms with Crippen LogP contribution < -0.4 is 16.4 Å². The fraction of sp³-hybridized carbons (Fsp3) is 0.238. The number of rotatable bonds is 6. The van der Waals surface area contributed by atoms with Crippen molar-refractivity contribution >= 4 is 17.6 Å². The number of amides is 2. The second-order valence-electron chi connectivity index (χ2n) is 7.13. The van der Waals surface area contributed by atoms with Crippen molar-refractivity contribution in [1.82, 2.24) is 25.4 Å². The van der Waals surface area contributed by atoms with E-state index in [0.29, 0.717) is 17.8 Å². The lowest BCUT2D eigenvalue weighted by Crippen LogP contribution is -2.25. The van der Waals surface area contributed by atoms with Gasteiger partial charge in [0.05, 0.1) is 17.9 Å². The van der Waals surface area contributed by atoms with Crippen LogP contribution in [-0.4, -0.2) is 32.6 Å². The van der Waals surface area contributed by atoms with E-state index < -0.39 is 0 Å². The smallest absolute Gasteiger partial charge is 0.256 e. The minimum Gasteiger partial charge on any atom is -0.382 e. The van der Waals surface area contributed by atoms with Crippen LogP contribution in [0.3, 0.4) is 0 Å². The third kappa shape index (κ3) is 4.26. The number of pyridine rings is 1. The first-order valence-corrected chi connectivity index (χ1v) is 9.46. The Labute approximate surface area is 168 Å². The highest BCUT2D eigenvalue weighted by atomic mass is 16.2. The van der Waals surface area contributed by atoms with E-state index in [9.17, 15) is 9.59 Å². The molecule has 0 spiro atoms. The predicted molar refractivity (Wildman–Crippen MR) is 109 cm³/mol. The van der Waals surface area contributed by atoms with Crippen LogP contribution >= 0.6 is 0 Å². The third-order valence-electron chi connectivity index (χ3n) is 4.77. The molecule has 2 amide bonds. The second-order valence-corrected chi connectivity index (χ2v) is 7.13. The molecule has 0 atom stereocenters. The summed E-state index contributed by atoms with van der Waals surface area (Å²) < 4.78 is 1.54. The third-order valence-corrected chi connectivity index (χ3v) is 4.77. The molecule has 0 radical (unpaired) electrons. The summed E-state index contributed by atoms with van der Waals surface area (Å²) in [4.78, 5) is 29.1. The molecule has 0 aliphatic heterocycles. The minimum absolute atomic E-state index is 0.109. The Bertz CT molecular complexity index is 1060. The summed E-state index contributed by atoms with van der Waals surface area (Å²) in [6.45, 7) is 2.21. The van der Waals surface area contributed by atoms with Crippen LogP contribution in [0, 0.1) is 6.92 Å². The maximum absolute atomic E-state index is 12.5. The van der Waals surface area contributed by atoms with Crippen LogP contribution in [0.1, 0.15) is 44.8 Å². The van der Waals surface area contributed by atoms with Gasteiger partial charge in [-0.2, -0.15) is 0 Å². The van der Waals surface area contributed by atoms with Gasteiger partial charge in [-0.3, -0.25) is 14.6 Å². The zero-order chi connectivity index (χ0) is 20.4. The number of anilines is 1. The topological polar surface area (TPSA) is 115 Å². The number of nitrogens with zero attached hydrogens (tertiary/aromatic N) is 3. The molecule has 0 unspecified atom stereocenters. The largest absolute Gasteiger partial charge is 0.382 e. The van der Waals surface area contributed by atoms with Gasteiger partial charge < -0.3 is 16.4 Å². The molecule has 4 N–H and O–H groups in total. The van der Waals surface area contributed by atoms with Gasteiger partial charge in [-0.1, -0.05) is 12.1 Å². The summed E-state index contributed by atoms with van der Waals surface area (Å²) in [7, 11) is 0. The van der Waals surface area contributed by atoms with E-state index >= 15 is 0 Å². The van der Waals surface area contributed by atoms with Gasteiger partial charge in [0.1, 0.15) is 5.56 Å². The maximum Gasteiger partial charge on any atom is 0.256 e. The number of carbonyl (C=O) groups excluding carboxylic acids is 2. The molecule has 8 heteroatoms. The van der Waals surface area contributed by atoms with E-state index in [-0.39, 0.29) is 29.2 Å². The summed E-state index contributed by atoms with van der Waals surface area (Å²) in [5.74, 6) is -0.322. The molecule has 4 rings (SSSR count). The average molecular weight is 390 g/mol. The molecule has 1 fully saturated rings. The predicted octanol–water partition coefficient (Wildman–Crippen LogP) is 1.98. The number of nitrogen functional groups attached to an aromatic ring is 1. The highest BCUT2D eigenvalue weighted by Gasteiger charge is 2.24. The molecule has 3 aromatic rings. The van der Waals surface area contributed by atoms with Gasteiger partial charge in [-0.15, -0.1) is 5.10 Å². The van der Waals surface area contributed by atoms with Crippen LogP contribution in [0.5, 0.6) is 0 Å². The number of nitrogens with one attached hydrogen (secondary N) is 2. The molecule has 148 valence electrons. The van der Waals surface area contributed by atoms with Crippen molar-refractivity contribution < 1.29 is 9.59 Å². The van der Waals surface area contributed by atoms with Crippen LogP contribution in [0.25, 0.3) is 5.69 Å². The molecule has 1 saturated carbocycles. The fourth-order valence-electron chi connectivity index (χ4n) is 2.95. The molecule has 2 heterocycles. The zero-order valence-electron chi connectivity index (χ0n) is 16.1. The molecular formula is C21H22N6O2. The Balaban J connectivity index is 1.53. The van der Waals surface area contributed by atoms with E-state index in [1.807, 2.05) is 31.2 Å². The molecule has 8 nitrogen and oxygen atoms in total. The monoisotopic (exact) mass is 390 g/mol. The molecule has 0 saturated heterocycles. The number of hydrogen-bond donors (Lipinski definition) is 3. The number of hydrogen-bond acceptors (Lipinski definition) is 5. The summed E-state index contributed by atoms with van der Waals surface area (Å²) in [5.41, 5.74) is 9.16. The Morgan fingerprint density at radius 2 is 2.03 bits per heavy atom. The Hall–Kier alpha value is -3.68. The highest BCUT2D eigenvalue weighted by Crippen LogP contribution is 2.22. The van der Waals surface area contributed by atoms with Crippen molar-refractivity contribution in [1.29, 1.82) is 0 Å². The van der Waals surface area contributed by atoms with Gasteiger partial charge in [0, 0.05) is 24.0 Å². The molecule has 2 aromatic heterocycles. The SMILES string of the molecule is Cc1ccc(C(=O)NC2CC2)cc1-n1cc(C(=O)NCc2ccccn2)c(N)n1. The number of aromatic nitrogens is 3. The summed E-state index contributed by atoms with van der Waals surface area (Å²) in [6.07, 6.45) is 5.30. The standard InChI is InChI=1S/C21H22N6O2/c1-13-5-6-14(20(28)25-15-7-8-15)10-18(13)27-12-17(19(22)26-27)21(29)24-11-16-4-2-3-9-23-16/h2-6,9-10,12,15H,7-8,11H2,1H3,(H2,22,26)(H,24,29)(H,25,28). The van der Waals surface area contributed by atoms with Gasteiger partial charge in [0.25, 0.3) is 11.8 Å².